The molecule has 6 heteroatoms. The molecule has 3 aliphatic rings. The van der Waals surface area contributed by atoms with Gasteiger partial charge in [0.25, 0.3) is 5.91 Å². The highest BCUT2D eigenvalue weighted by molar-refractivity contribution is 5.96. The number of carbonyl (C=O) groups is 1. The van der Waals surface area contributed by atoms with Crippen LogP contribution in [0.4, 0.5) is 11.4 Å². The van der Waals surface area contributed by atoms with Crippen LogP contribution in [-0.2, 0) is 6.54 Å². The van der Waals surface area contributed by atoms with Crippen molar-refractivity contribution >= 4 is 17.3 Å². The zero-order valence-electron chi connectivity index (χ0n) is 22.8. The third-order valence-electron chi connectivity index (χ3n) is 9.04. The molecule has 6 nitrogen and oxygen atoms in total. The maximum atomic E-state index is 13.3. The summed E-state index contributed by atoms with van der Waals surface area (Å²) >= 11 is 0. The molecule has 2 aromatic carbocycles. The maximum absolute atomic E-state index is 13.3. The van der Waals surface area contributed by atoms with Crippen LogP contribution in [0.25, 0.3) is 11.3 Å². The zero-order valence-corrected chi connectivity index (χ0v) is 22.8. The summed E-state index contributed by atoms with van der Waals surface area (Å²) in [6, 6.07) is 21.8. The first-order valence-electron chi connectivity index (χ1n) is 14.4. The van der Waals surface area contributed by atoms with Gasteiger partial charge >= 0.3 is 0 Å². The summed E-state index contributed by atoms with van der Waals surface area (Å²) < 4.78 is 2.53. The molecule has 0 bridgehead atoms. The summed E-state index contributed by atoms with van der Waals surface area (Å²) in [5.41, 5.74) is 12.8. The molecular weight excluding hydrogens is 470 g/mol. The highest BCUT2D eigenvalue weighted by atomic mass is 16.2. The molecule has 6 rings (SSSR count). The van der Waals surface area contributed by atoms with E-state index < -0.39 is 0 Å². The van der Waals surface area contributed by atoms with Gasteiger partial charge in [0.1, 0.15) is 0 Å². The number of nitrogens with one attached hydrogen (secondary N) is 1. The van der Waals surface area contributed by atoms with Crippen molar-refractivity contribution < 1.29 is 4.79 Å². The van der Waals surface area contributed by atoms with Crippen LogP contribution in [0.2, 0.25) is 0 Å². The van der Waals surface area contributed by atoms with Gasteiger partial charge in [-0.3, -0.25) is 4.79 Å². The lowest BCUT2D eigenvalue weighted by Gasteiger charge is -2.35. The van der Waals surface area contributed by atoms with Gasteiger partial charge in [-0.2, -0.15) is 0 Å². The van der Waals surface area contributed by atoms with Gasteiger partial charge in [-0.1, -0.05) is 37.3 Å². The van der Waals surface area contributed by atoms with Crippen LogP contribution < -0.4 is 16.0 Å². The fraction of sp³-hybridized carbons (Fsp3) is 0.469. The SMILES string of the molecule is CCC(c1ccc(-c2ccccc2)n1CC1CC1)N(C)c1ccc(C(=O)N2CC[C@H]3CCN[C@H]3C2)cc1N. The normalized spacial score (nSPS) is 21.8. The number of nitrogen functional groups attached to an aromatic ring is 1. The average molecular weight is 512 g/mol. The molecule has 1 aromatic heterocycles. The number of rotatable bonds is 8. The van der Waals surface area contributed by atoms with Crippen LogP contribution in [0.3, 0.4) is 0 Å². The first-order valence-corrected chi connectivity index (χ1v) is 14.4. The summed E-state index contributed by atoms with van der Waals surface area (Å²) in [5, 5.41) is 3.57. The van der Waals surface area contributed by atoms with E-state index in [4.69, 9.17) is 5.73 Å². The molecule has 3 N–H and O–H groups in total. The number of anilines is 2. The number of nitrogens with zero attached hydrogens (tertiary/aromatic N) is 3. The monoisotopic (exact) mass is 511 g/mol. The number of piperidine rings is 1. The molecule has 38 heavy (non-hydrogen) atoms. The molecule has 1 aliphatic carbocycles. The van der Waals surface area contributed by atoms with E-state index in [2.05, 4.69) is 71.2 Å². The Balaban J connectivity index is 1.24. The summed E-state index contributed by atoms with van der Waals surface area (Å²) in [4.78, 5) is 17.6. The average Bonchev–Trinajstić information content (AvgIpc) is 3.48. The second kappa shape index (κ2) is 10.5. The second-order valence-corrected chi connectivity index (χ2v) is 11.5. The summed E-state index contributed by atoms with van der Waals surface area (Å²) in [6.45, 7) is 6.01. The number of nitrogens with two attached hydrogens (primary N) is 1. The number of fused-ring (bicyclic) bond motifs is 1. The number of benzene rings is 2. The molecule has 0 spiro atoms. The van der Waals surface area contributed by atoms with Crippen LogP contribution in [0.15, 0.2) is 60.7 Å². The van der Waals surface area contributed by atoms with Crippen molar-refractivity contribution in [2.45, 2.75) is 57.7 Å². The molecule has 200 valence electrons. The second-order valence-electron chi connectivity index (χ2n) is 11.5. The Morgan fingerprint density at radius 1 is 1.08 bits per heavy atom. The lowest BCUT2D eigenvalue weighted by atomic mass is 9.92. The third kappa shape index (κ3) is 4.82. The first kappa shape index (κ1) is 25.1. The van der Waals surface area contributed by atoms with E-state index in [1.807, 2.05) is 23.1 Å². The third-order valence-corrected chi connectivity index (χ3v) is 9.04. The van der Waals surface area contributed by atoms with E-state index in [0.29, 0.717) is 23.2 Å². The minimum atomic E-state index is 0.0934. The van der Waals surface area contributed by atoms with E-state index in [1.54, 1.807) is 0 Å². The fourth-order valence-corrected chi connectivity index (χ4v) is 6.65. The van der Waals surface area contributed by atoms with Crippen molar-refractivity contribution in [2.24, 2.45) is 11.8 Å². The smallest absolute Gasteiger partial charge is 0.253 e. The van der Waals surface area contributed by atoms with Gasteiger partial charge in [0.2, 0.25) is 0 Å². The minimum Gasteiger partial charge on any atom is -0.397 e. The van der Waals surface area contributed by atoms with Crippen LogP contribution in [0.1, 0.15) is 61.1 Å². The zero-order chi connectivity index (χ0) is 26.2. The van der Waals surface area contributed by atoms with Crippen LogP contribution >= 0.6 is 0 Å². The molecule has 3 aromatic rings. The lowest BCUT2D eigenvalue weighted by Crippen LogP contribution is -2.48. The summed E-state index contributed by atoms with van der Waals surface area (Å²) in [5.74, 6) is 1.58. The highest BCUT2D eigenvalue weighted by Gasteiger charge is 2.35. The Bertz CT molecular complexity index is 1280. The van der Waals surface area contributed by atoms with E-state index in [0.717, 1.165) is 50.6 Å². The van der Waals surface area contributed by atoms with Gasteiger partial charge in [-0.25, -0.2) is 0 Å². The Kier molecular flexibility index (Phi) is 6.91. The molecule has 1 amide bonds. The Hall–Kier alpha value is -3.25. The predicted octanol–water partition coefficient (Wildman–Crippen LogP) is 5.56. The van der Waals surface area contributed by atoms with E-state index in [-0.39, 0.29) is 11.9 Å². The van der Waals surface area contributed by atoms with Crippen molar-refractivity contribution in [3.63, 3.8) is 0 Å². The Morgan fingerprint density at radius 2 is 1.89 bits per heavy atom. The Labute approximate surface area is 226 Å². The van der Waals surface area contributed by atoms with Gasteiger partial charge < -0.3 is 25.4 Å². The largest absolute Gasteiger partial charge is 0.397 e. The molecule has 1 unspecified atom stereocenters. The van der Waals surface area contributed by atoms with Gasteiger partial charge in [-0.05, 0) is 86.4 Å². The summed E-state index contributed by atoms with van der Waals surface area (Å²) in [6.07, 6.45) is 5.91. The molecular formula is C32H41N5O. The van der Waals surface area contributed by atoms with Gasteiger partial charge in [0.05, 0.1) is 17.4 Å². The van der Waals surface area contributed by atoms with Crippen molar-refractivity contribution in [3.05, 3.63) is 71.9 Å². The number of likely N-dealkylation sites (tertiary alicyclic amines) is 1. The number of amides is 1. The Morgan fingerprint density at radius 3 is 2.63 bits per heavy atom. The van der Waals surface area contributed by atoms with Gasteiger partial charge in [-0.15, -0.1) is 0 Å². The molecule has 2 saturated heterocycles. The lowest BCUT2D eigenvalue weighted by molar-refractivity contribution is 0.0669. The molecule has 3 heterocycles. The van der Waals surface area contributed by atoms with E-state index in [9.17, 15) is 4.79 Å². The fourth-order valence-electron chi connectivity index (χ4n) is 6.65. The van der Waals surface area contributed by atoms with Crippen LogP contribution in [-0.4, -0.2) is 48.1 Å². The van der Waals surface area contributed by atoms with Crippen molar-refractivity contribution in [1.82, 2.24) is 14.8 Å². The number of carbonyl (C=O) groups excluding carboxylic acids is 1. The maximum Gasteiger partial charge on any atom is 0.253 e. The molecule has 3 atom stereocenters. The molecule has 3 fully saturated rings. The topological polar surface area (TPSA) is 66.5 Å². The number of hydrogen-bond acceptors (Lipinski definition) is 4. The number of aromatic nitrogens is 1. The minimum absolute atomic E-state index is 0.0934. The highest BCUT2D eigenvalue weighted by Crippen LogP contribution is 2.39. The molecule has 1 saturated carbocycles. The first-order chi connectivity index (χ1) is 18.5. The van der Waals surface area contributed by atoms with Gasteiger partial charge in [0, 0.05) is 49.7 Å². The van der Waals surface area contributed by atoms with Crippen LogP contribution in [0, 0.1) is 11.8 Å². The van der Waals surface area contributed by atoms with Crippen molar-refractivity contribution in [1.29, 1.82) is 0 Å². The van der Waals surface area contributed by atoms with Crippen LogP contribution in [0.5, 0.6) is 0 Å². The quantitative estimate of drug-likeness (QED) is 0.389. The number of hydrogen-bond donors (Lipinski definition) is 2. The predicted molar refractivity (Wildman–Crippen MR) is 155 cm³/mol. The van der Waals surface area contributed by atoms with E-state index in [1.165, 1.54) is 36.2 Å². The molecule has 0 radical (unpaired) electrons. The van der Waals surface area contributed by atoms with Crippen molar-refractivity contribution in [2.75, 3.05) is 37.3 Å². The summed E-state index contributed by atoms with van der Waals surface area (Å²) in [7, 11) is 2.13. The molecule has 2 aliphatic heterocycles. The van der Waals surface area contributed by atoms with Gasteiger partial charge in [0.15, 0.2) is 0 Å². The van der Waals surface area contributed by atoms with Crippen molar-refractivity contribution in [3.8, 4) is 11.3 Å². The standard InChI is InChI=1S/C32H41N5O/c1-3-28(31-14-13-29(24-7-5-4-6-8-24)37(31)20-22-9-10-22)35(2)30-12-11-25(19-26(30)33)32(38)36-18-16-23-15-17-34-27(23)21-36/h4-8,11-14,19,22-23,27-28,34H,3,9-10,15-18,20-21,33H2,1-2H3/t23-,27+,28?/m1/s1. The van der Waals surface area contributed by atoms with E-state index >= 15 is 0 Å².